The number of sulfone groups is 1. The molecule has 0 aromatic heterocycles. The molecular weight excluding hydrogens is 517 g/mol. The number of halogens is 3. The summed E-state index contributed by atoms with van der Waals surface area (Å²) < 4.78 is 72.2. The molecule has 2 fully saturated rings. The smallest absolute Gasteiger partial charge is 0.417 e. The lowest BCUT2D eigenvalue weighted by atomic mass is 9.75. The van der Waals surface area contributed by atoms with E-state index >= 15 is 0 Å². The van der Waals surface area contributed by atoms with Crippen molar-refractivity contribution in [3.05, 3.63) is 47.5 Å². The van der Waals surface area contributed by atoms with Crippen molar-refractivity contribution in [1.82, 2.24) is 0 Å². The molecule has 3 aliphatic rings. The van der Waals surface area contributed by atoms with E-state index in [1.165, 1.54) is 29.2 Å². The van der Waals surface area contributed by atoms with E-state index in [4.69, 9.17) is 28.0 Å². The van der Waals surface area contributed by atoms with Crippen molar-refractivity contribution in [3.8, 4) is 11.8 Å². The molecule has 2 aliphatic heterocycles. The van der Waals surface area contributed by atoms with Gasteiger partial charge in [0.25, 0.3) is 5.91 Å². The lowest BCUT2D eigenvalue weighted by Crippen LogP contribution is -2.55. The number of ether oxygens (including phenoxy) is 1. The van der Waals surface area contributed by atoms with Crippen molar-refractivity contribution in [2.24, 2.45) is 5.73 Å². The zero-order valence-corrected chi connectivity index (χ0v) is 20.2. The first-order valence-corrected chi connectivity index (χ1v) is 13.0. The molecule has 5 rings (SSSR count). The van der Waals surface area contributed by atoms with Gasteiger partial charge in [-0.1, -0.05) is 0 Å². The van der Waals surface area contributed by atoms with Crippen LogP contribution >= 0.6 is 12.2 Å². The van der Waals surface area contributed by atoms with Gasteiger partial charge in [0.1, 0.15) is 22.3 Å². The Morgan fingerprint density at radius 1 is 1.19 bits per heavy atom. The van der Waals surface area contributed by atoms with Gasteiger partial charge >= 0.3 is 6.18 Å². The maximum absolute atomic E-state index is 13.6. The third-order valence-corrected chi connectivity index (χ3v) is 8.93. The Bertz CT molecular complexity index is 1450. The molecule has 0 radical (unpaired) electrons. The lowest BCUT2D eigenvalue weighted by Gasteiger charge is -2.43. The number of nitriles is 1. The maximum Gasteiger partial charge on any atom is 0.417 e. The van der Waals surface area contributed by atoms with Gasteiger partial charge in [0.2, 0.25) is 0 Å². The van der Waals surface area contributed by atoms with E-state index in [2.05, 4.69) is 0 Å². The van der Waals surface area contributed by atoms with E-state index in [1.54, 1.807) is 6.07 Å². The van der Waals surface area contributed by atoms with Crippen LogP contribution in [0.25, 0.3) is 0 Å². The fourth-order valence-corrected chi connectivity index (χ4v) is 6.92. The van der Waals surface area contributed by atoms with Crippen molar-refractivity contribution in [3.63, 3.8) is 0 Å². The number of hydrogen-bond donors (Lipinski definition) is 1. The number of fused-ring (bicyclic) bond motifs is 1. The maximum atomic E-state index is 13.6. The fourth-order valence-electron chi connectivity index (χ4n) is 4.85. The highest BCUT2D eigenvalue weighted by atomic mass is 32.2. The molecule has 36 heavy (non-hydrogen) atoms. The second-order valence-electron chi connectivity index (χ2n) is 8.87. The van der Waals surface area contributed by atoms with E-state index < -0.39 is 44.7 Å². The normalized spacial score (nSPS) is 22.1. The second-order valence-corrected chi connectivity index (χ2v) is 11.2. The zero-order chi connectivity index (χ0) is 26.0. The van der Waals surface area contributed by atoms with Crippen LogP contribution in [-0.4, -0.2) is 43.4 Å². The number of amides is 1. The van der Waals surface area contributed by atoms with Gasteiger partial charge in [-0.15, -0.1) is 0 Å². The first-order chi connectivity index (χ1) is 16.9. The molecule has 2 aromatic rings. The summed E-state index contributed by atoms with van der Waals surface area (Å²) in [5.41, 5.74) is 2.89. The van der Waals surface area contributed by atoms with Gasteiger partial charge in [0.15, 0.2) is 14.9 Å². The highest BCUT2D eigenvalue weighted by Gasteiger charge is 2.60. The van der Waals surface area contributed by atoms with Gasteiger partial charge in [-0.3, -0.25) is 9.69 Å². The van der Waals surface area contributed by atoms with Crippen LogP contribution in [0.1, 0.15) is 30.4 Å². The summed E-state index contributed by atoms with van der Waals surface area (Å²) in [7, 11) is -3.74. The van der Waals surface area contributed by atoms with E-state index in [0.29, 0.717) is 24.9 Å². The molecule has 0 unspecified atom stereocenters. The monoisotopic (exact) mass is 536 g/mol. The zero-order valence-electron chi connectivity index (χ0n) is 18.6. The first kappa shape index (κ1) is 24.5. The molecule has 1 atom stereocenters. The number of alkyl halides is 3. The summed E-state index contributed by atoms with van der Waals surface area (Å²) in [4.78, 5) is 16.1. The van der Waals surface area contributed by atoms with Gasteiger partial charge in [-0.05, 0) is 67.9 Å². The minimum absolute atomic E-state index is 0.0215. The summed E-state index contributed by atoms with van der Waals surface area (Å²) in [6.07, 6.45) is -4.03. The summed E-state index contributed by atoms with van der Waals surface area (Å²) in [6, 6.07) is 8.90. The third-order valence-electron chi connectivity index (χ3n) is 6.76. The van der Waals surface area contributed by atoms with Gasteiger partial charge in [-0.25, -0.2) is 8.42 Å². The molecule has 1 saturated carbocycles. The minimum Gasteiger partial charge on any atom is -0.487 e. The summed E-state index contributed by atoms with van der Waals surface area (Å²) in [6.45, 7) is 0.0215. The van der Waals surface area contributed by atoms with Gasteiger partial charge in [0, 0.05) is 12.2 Å². The van der Waals surface area contributed by atoms with Gasteiger partial charge in [-0.2, -0.15) is 18.4 Å². The highest BCUT2D eigenvalue weighted by molar-refractivity contribution is 7.91. The Hall–Kier alpha value is -3.21. The molecule has 0 bridgehead atoms. The number of hydrogen-bond acceptors (Lipinski definition) is 7. The van der Waals surface area contributed by atoms with Crippen LogP contribution in [0.4, 0.5) is 24.5 Å². The van der Waals surface area contributed by atoms with Crippen LogP contribution in [0, 0.1) is 11.3 Å². The third kappa shape index (κ3) is 3.55. The highest BCUT2D eigenvalue weighted by Crippen LogP contribution is 2.49. The van der Waals surface area contributed by atoms with Crippen LogP contribution in [0.2, 0.25) is 0 Å². The Morgan fingerprint density at radius 2 is 1.89 bits per heavy atom. The number of nitrogens with zero attached hydrogens (tertiary/aromatic N) is 3. The Balaban J connectivity index is 1.60. The molecule has 2 heterocycles. The van der Waals surface area contributed by atoms with Crippen LogP contribution in [-0.2, 0) is 20.8 Å². The summed E-state index contributed by atoms with van der Waals surface area (Å²) in [5.74, 6) is -0.665. The predicted molar refractivity (Wildman–Crippen MR) is 127 cm³/mol. The average Bonchev–Trinajstić information content (AvgIpc) is 3.04. The van der Waals surface area contributed by atoms with Crippen molar-refractivity contribution >= 4 is 44.4 Å². The number of benzene rings is 2. The number of carbonyl (C=O) groups excluding carboxylic acids is 1. The lowest BCUT2D eigenvalue weighted by molar-refractivity contribution is -0.137. The van der Waals surface area contributed by atoms with E-state index in [0.717, 1.165) is 17.0 Å². The quantitative estimate of drug-likeness (QED) is 0.595. The molecule has 1 amide bonds. The largest absolute Gasteiger partial charge is 0.487 e. The van der Waals surface area contributed by atoms with Gasteiger partial charge < -0.3 is 15.4 Å². The molecule has 8 nitrogen and oxygen atoms in total. The average molecular weight is 537 g/mol. The molecule has 13 heteroatoms. The molecule has 1 spiro atoms. The molecule has 1 aliphatic carbocycles. The Labute approximate surface area is 209 Å². The minimum atomic E-state index is -4.81. The van der Waals surface area contributed by atoms with Crippen LogP contribution in [0.15, 0.2) is 41.3 Å². The van der Waals surface area contributed by atoms with Crippen molar-refractivity contribution < 1.29 is 31.1 Å². The van der Waals surface area contributed by atoms with E-state index in [1.807, 2.05) is 0 Å². The first-order valence-electron chi connectivity index (χ1n) is 11.0. The van der Waals surface area contributed by atoms with E-state index in [-0.39, 0.29) is 33.7 Å². The predicted octanol–water partition coefficient (Wildman–Crippen LogP) is 3.13. The summed E-state index contributed by atoms with van der Waals surface area (Å²) >= 11 is 5.59. The van der Waals surface area contributed by atoms with Gasteiger partial charge in [0.05, 0.1) is 28.6 Å². The van der Waals surface area contributed by atoms with Crippen molar-refractivity contribution in [2.75, 3.05) is 22.1 Å². The number of rotatable bonds is 3. The topological polar surface area (TPSA) is 117 Å². The molecule has 2 aromatic carbocycles. The van der Waals surface area contributed by atoms with Crippen LogP contribution in [0.5, 0.6) is 5.75 Å². The van der Waals surface area contributed by atoms with Crippen molar-refractivity contribution in [1.29, 1.82) is 5.26 Å². The second kappa shape index (κ2) is 8.16. The summed E-state index contributed by atoms with van der Waals surface area (Å²) in [5, 5.41) is 9.03. The van der Waals surface area contributed by atoms with Crippen LogP contribution < -0.4 is 20.3 Å². The molecule has 188 valence electrons. The Morgan fingerprint density at radius 3 is 2.47 bits per heavy atom. The van der Waals surface area contributed by atoms with Crippen LogP contribution in [0.3, 0.4) is 0 Å². The van der Waals surface area contributed by atoms with Crippen molar-refractivity contribution in [2.45, 2.75) is 42.0 Å². The number of thiocarbonyl (C=S) groups is 1. The molecular formula is C23H19F3N4O4S2. The fraction of sp³-hybridized carbons (Fsp3) is 0.348. The number of nitrogens with two attached hydrogens (primary N) is 1. The Kier molecular flexibility index (Phi) is 5.55. The number of anilines is 2. The van der Waals surface area contributed by atoms with E-state index in [9.17, 15) is 26.4 Å². The number of carbonyl (C=O) groups is 1. The SMILES string of the molecule is N#Cc1ccc(N2C(=O)C3(CCC3)N(c3ccc4c(c3)S(=O)(=O)C[C@H](CN)O4)C2=S)cc1C(F)(F)F. The molecule has 1 saturated heterocycles. The standard InChI is InChI=1S/C23H19F3N4O4S2/c24-23(25,26)17-8-14(3-2-13(17)10-27)29-20(31)22(6-1-7-22)30(21(29)35)15-4-5-18-19(9-15)36(32,33)12-16(11-28)34-18/h2-5,8-9,16H,1,6-7,11-12,28H2/t16-/m0/s1. The molecule has 2 N–H and O–H groups in total.